The van der Waals surface area contributed by atoms with Gasteiger partial charge in [-0.2, -0.15) is 43.0 Å². The molecule has 12 aromatic heterocycles. The number of nitrogens with one attached hydrogen (secondary N) is 3. The fourth-order valence-corrected chi connectivity index (χ4v) is 23.5. The van der Waals surface area contributed by atoms with Crippen LogP contribution in [0.3, 0.4) is 0 Å². The fraction of sp³-hybridized carbons (Fsp3) is 0.556. The van der Waals surface area contributed by atoms with Crippen LogP contribution < -0.4 is 51.1 Å². The van der Waals surface area contributed by atoms with Crippen LogP contribution in [0, 0.1) is 0 Å². The molecule has 726 valence electrons. The molecule has 6 unspecified atom stereocenters. The summed E-state index contributed by atoms with van der Waals surface area (Å²) in [4.78, 5) is 144. The number of rotatable bonds is 6. The second-order valence-corrected chi connectivity index (χ2v) is 46.2. The zero-order valence-electron chi connectivity index (χ0n) is 66.0. The molecule has 81 heteroatoms. The molecule has 0 spiro atoms. The number of hydrogen-bond acceptors (Lipinski definition) is 54. The maximum absolute atomic E-state index is 16.0. The molecule has 12 aromatic rings. The summed E-state index contributed by atoms with van der Waals surface area (Å²) in [5.41, 5.74) is 31.0. The highest BCUT2D eigenvalue weighted by Crippen LogP contribution is 2.60. The second kappa shape index (κ2) is 36.4. The molecule has 21 rings (SSSR count). The first-order valence-corrected chi connectivity index (χ1v) is 53.5. The van der Waals surface area contributed by atoms with E-state index in [1.54, 1.807) is 0 Å². The van der Waals surface area contributed by atoms with Crippen LogP contribution in [-0.2, 0) is 154 Å². The van der Waals surface area contributed by atoms with E-state index in [9.17, 15) is 43.7 Å². The third kappa shape index (κ3) is 18.6. The quantitative estimate of drug-likeness (QED) is 0.0556. The van der Waals surface area contributed by atoms with Gasteiger partial charge in [0.25, 0.3) is 16.7 Å². The normalized spacial score (nSPS) is 37.7. The average molecular weight is 2140 g/mol. The van der Waals surface area contributed by atoms with Gasteiger partial charge in [0, 0.05) is 0 Å². The van der Waals surface area contributed by atoms with Crippen molar-refractivity contribution in [1.82, 2.24) is 150 Å². The fourth-order valence-electron chi connectivity index (χ4n) is 14.9. The lowest BCUT2D eigenvalue weighted by atomic mass is 10.1. The summed E-state index contributed by atoms with van der Waals surface area (Å²) in [5, 5.41) is 45.7. The molecule has 9 aliphatic heterocycles. The van der Waals surface area contributed by atoms with E-state index < -0.39 is 244 Å². The molecular weight excluding hydrogens is 2080 g/mol. The van der Waals surface area contributed by atoms with Crippen LogP contribution in [0.1, 0.15) is 37.4 Å². The molecule has 21 heterocycles. The van der Waals surface area contributed by atoms with E-state index in [4.69, 9.17) is 188 Å². The van der Waals surface area contributed by atoms with Gasteiger partial charge in [0.15, 0.2) is 159 Å². The van der Waals surface area contributed by atoms with Gasteiger partial charge in [-0.1, -0.05) is 31.3 Å². The molecule has 9 aliphatic rings. The monoisotopic (exact) mass is 2140 g/mol. The van der Waals surface area contributed by atoms with Crippen LogP contribution in [0.5, 0.6) is 0 Å². The third-order valence-corrected chi connectivity index (χ3v) is 30.3. The second-order valence-electron chi connectivity index (χ2n) is 29.4. The number of halogens is 6. The molecule has 9 saturated heterocycles. The number of H-pyrrole nitrogens is 3. The summed E-state index contributed by atoms with van der Waals surface area (Å²) in [6.45, 7) is -30.6. The maximum Gasteiger partial charge on any atom is 0.325 e. The number of aromatic amines is 3. The van der Waals surface area contributed by atoms with E-state index in [1.165, 1.54) is 0 Å². The lowest BCUT2D eigenvalue weighted by Gasteiger charge is -2.27. The van der Waals surface area contributed by atoms with E-state index >= 15 is 26.3 Å². The largest absolute Gasteiger partial charge is 0.382 e. The lowest BCUT2D eigenvalue weighted by molar-refractivity contribution is -0.0652. The SMILES string of the molecule is Nc1nc2c(nnn2[C@@H]2O[C@@H]3COP(O)(=S)O[C@H]4[C@H](F)[C@H](n5nnc6c(N)ncnc65)O[C@@H]4COP(O)(=S)O[C@@H]2[C@@H]3F)c(=O)[nH]1.Nc1nc2c(nnn2[C@@H]2O[C@@H]3COP(O)(=S)O[C@H]4[C@H](F)[C@H](n5nnc6c(N)ncnc65)O[C@@H]4COP(O)(=S)O[C@@H]2[C@@H]3F)c(=O)[nH]1.Nc1nc2c(nnn2[C@@H]2O[C@@H]3COP(O)(=S)O[C@H]4[C@H](F)[C@H](n5nnc6c(N)ncnc65)O[C@@H]4COP(O)(=S)O[C@@H]2[C@H]3F)c(=O)[nH]1. The molecule has 0 aliphatic carbocycles. The van der Waals surface area contributed by atoms with Crippen LogP contribution in [0.2, 0.25) is 0 Å². The average Bonchev–Trinajstić information content (AvgIpc) is 1.63. The number of nitrogens with two attached hydrogens (primary N) is 6. The van der Waals surface area contributed by atoms with Crippen molar-refractivity contribution in [2.45, 2.75) is 148 Å². The maximum atomic E-state index is 16.0. The van der Waals surface area contributed by atoms with Gasteiger partial charge in [0.05, 0.1) is 39.6 Å². The standard InChI is InChI=1S/3C18H20F2N12O9P2S2/c3*19-6-4-1-36-42(34,44)40-10-5(39-16(7(10)20)31-13-8(27-29-31)12(21)23-3-24-13)2-37-43(35,45)41-11(6)17(38-4)32-14-9(28-30-32)15(33)26-18(22)25-14/h3*3-7,10-11,16-17H,1-2H2,(H,34,44)(H,35,45)(H2,21,23,24)(H3,22,25,26,33)/t4-,5-,6+,7+,10-,11-,16-,17-,42?,43?;2*4-,5-,6-,7+,10-,11-,16-,17-,42?,43?/m111/s1. The van der Waals surface area contributed by atoms with Crippen molar-refractivity contribution >= 4 is 213 Å². The van der Waals surface area contributed by atoms with Crippen molar-refractivity contribution in [2.24, 2.45) is 0 Å². The Bertz CT molecular complexity index is 6510. The first-order valence-electron chi connectivity index (χ1n) is 37.9. The van der Waals surface area contributed by atoms with E-state index in [0.29, 0.717) is 0 Å². The molecule has 9 fully saturated rings. The van der Waals surface area contributed by atoms with Gasteiger partial charge in [-0.3, -0.25) is 56.5 Å². The van der Waals surface area contributed by atoms with E-state index in [2.05, 4.69) is 122 Å². The number of nitrogen functional groups attached to an aromatic ring is 6. The van der Waals surface area contributed by atoms with Crippen LogP contribution >= 0.6 is 40.3 Å². The van der Waals surface area contributed by atoms with E-state index in [0.717, 1.165) is 47.1 Å². The summed E-state index contributed by atoms with van der Waals surface area (Å²) in [5.74, 6) is -0.973. The van der Waals surface area contributed by atoms with Gasteiger partial charge in [0.2, 0.25) is 17.8 Å². The van der Waals surface area contributed by atoms with Crippen molar-refractivity contribution < 1.29 is 138 Å². The van der Waals surface area contributed by atoms with Crippen molar-refractivity contribution in [2.75, 3.05) is 74.0 Å². The van der Waals surface area contributed by atoms with Crippen molar-refractivity contribution in [3.63, 3.8) is 0 Å². The zero-order valence-corrected chi connectivity index (χ0v) is 76.3. The number of anilines is 6. The van der Waals surface area contributed by atoms with Crippen molar-refractivity contribution in [1.29, 1.82) is 0 Å². The summed E-state index contributed by atoms with van der Waals surface area (Å²) in [7, 11) is 0. The minimum Gasteiger partial charge on any atom is -0.382 e. The van der Waals surface area contributed by atoms with Crippen molar-refractivity contribution in [3.8, 4) is 0 Å². The van der Waals surface area contributed by atoms with Gasteiger partial charge in [0.1, 0.15) is 92.2 Å². The number of aromatic nitrogens is 30. The molecule has 30 atom stereocenters. The molecule has 0 saturated carbocycles. The highest BCUT2D eigenvalue weighted by molar-refractivity contribution is 8.08. The molecule has 6 bridgehead atoms. The topological polar surface area (TPSA) is 842 Å². The summed E-state index contributed by atoms with van der Waals surface area (Å²) in [6, 6.07) is 0. The molecular formula is C54H60F6N36O27P6S6. The Kier molecular flexibility index (Phi) is 25.7. The smallest absolute Gasteiger partial charge is 0.325 e. The number of alkyl halides is 6. The Morgan fingerprint density at radius 1 is 0.296 bits per heavy atom. The van der Waals surface area contributed by atoms with Crippen molar-refractivity contribution in [3.05, 3.63) is 50.0 Å². The predicted octanol–water partition coefficient (Wildman–Crippen LogP) is -4.09. The number of fused-ring (bicyclic) bond motifs is 15. The Labute approximate surface area is 769 Å². The summed E-state index contributed by atoms with van der Waals surface area (Å²) >= 11 is 30.7. The van der Waals surface area contributed by atoms with Crippen LogP contribution in [0.15, 0.2) is 33.4 Å². The highest BCUT2D eigenvalue weighted by Gasteiger charge is 2.60. The number of nitrogens with zero attached hydrogens (tertiary/aromatic N) is 27. The summed E-state index contributed by atoms with van der Waals surface area (Å²) < 4.78 is 201. The Morgan fingerprint density at radius 2 is 0.504 bits per heavy atom. The molecule has 0 radical (unpaired) electrons. The van der Waals surface area contributed by atoms with Gasteiger partial charge in [-0.25, -0.2) is 56.2 Å². The van der Waals surface area contributed by atoms with Gasteiger partial charge in [-0.05, 0) is 70.8 Å². The Morgan fingerprint density at radius 3 is 0.748 bits per heavy atom. The first kappa shape index (κ1) is 95.5. The minimum absolute atomic E-state index is 0.0211. The third-order valence-electron chi connectivity index (χ3n) is 20.9. The van der Waals surface area contributed by atoms with Crippen LogP contribution in [-0.4, -0.2) is 329 Å². The molecule has 63 nitrogen and oxygen atoms in total. The van der Waals surface area contributed by atoms with Crippen LogP contribution in [0.4, 0.5) is 61.6 Å². The lowest BCUT2D eigenvalue weighted by Crippen LogP contribution is -2.34. The molecule has 135 heavy (non-hydrogen) atoms. The van der Waals surface area contributed by atoms with Gasteiger partial charge in [-0.15, -0.1) is 30.6 Å². The number of ether oxygens (including phenoxy) is 6. The summed E-state index contributed by atoms with van der Waals surface area (Å²) in [6.07, 6.45) is -37.9. The first-order chi connectivity index (χ1) is 63.9. The van der Waals surface area contributed by atoms with E-state index in [1.807, 2.05) is 0 Å². The number of hydrogen-bond donors (Lipinski definition) is 15. The zero-order chi connectivity index (χ0) is 95.5. The van der Waals surface area contributed by atoms with E-state index in [-0.39, 0.29) is 102 Å². The Hall–Kier alpha value is -8.40. The van der Waals surface area contributed by atoms with Gasteiger partial charge < -0.3 is 119 Å². The minimum atomic E-state index is -4.39. The molecule has 21 N–H and O–H groups in total. The van der Waals surface area contributed by atoms with Gasteiger partial charge >= 0.3 is 40.3 Å². The highest BCUT2D eigenvalue weighted by atomic mass is 32.5. The Balaban J connectivity index is 0.000000130. The molecule has 0 amide bonds. The van der Waals surface area contributed by atoms with Crippen LogP contribution in [0.25, 0.3) is 67.0 Å². The molecule has 0 aromatic carbocycles. The predicted molar refractivity (Wildman–Crippen MR) is 450 cm³/mol.